The molecule has 7 heteroatoms. The second-order valence-corrected chi connectivity index (χ2v) is 3.77. The quantitative estimate of drug-likeness (QED) is 0.278. The van der Waals surface area contributed by atoms with Gasteiger partial charge in [-0.3, -0.25) is 10.1 Å². The highest BCUT2D eigenvalue weighted by Crippen LogP contribution is 2.25. The lowest BCUT2D eigenvalue weighted by Gasteiger charge is -2.00. The number of nitriles is 1. The third-order valence-electron chi connectivity index (χ3n) is 2.10. The second kappa shape index (κ2) is 6.52. The van der Waals surface area contributed by atoms with Crippen LogP contribution in [-0.4, -0.2) is 17.5 Å². The summed E-state index contributed by atoms with van der Waals surface area (Å²) >= 11 is 5.72. The largest absolute Gasteiger partial charge is 0.462 e. The van der Waals surface area contributed by atoms with Gasteiger partial charge in [0, 0.05) is 6.07 Å². The Morgan fingerprint density at radius 1 is 1.63 bits per heavy atom. The Kier molecular flexibility index (Phi) is 5.03. The first-order valence-electron chi connectivity index (χ1n) is 5.22. The van der Waals surface area contributed by atoms with Gasteiger partial charge in [-0.05, 0) is 30.7 Å². The molecule has 0 radical (unpaired) electrons. The van der Waals surface area contributed by atoms with Crippen LogP contribution in [0.25, 0.3) is 6.08 Å². The molecule has 0 aromatic heterocycles. The van der Waals surface area contributed by atoms with Crippen LogP contribution in [0.4, 0.5) is 5.69 Å². The molecule has 0 aliphatic heterocycles. The van der Waals surface area contributed by atoms with Crippen LogP contribution in [0.15, 0.2) is 23.8 Å². The molecular formula is C12H9ClN2O4. The number of hydrogen-bond donors (Lipinski definition) is 0. The Bertz CT molecular complexity index is 590. The fraction of sp³-hybridized carbons (Fsp3) is 0.167. The van der Waals surface area contributed by atoms with Crippen molar-refractivity contribution in [2.45, 2.75) is 6.92 Å². The first-order valence-corrected chi connectivity index (χ1v) is 5.60. The normalized spacial score (nSPS) is 10.7. The molecule has 0 heterocycles. The van der Waals surface area contributed by atoms with Crippen LogP contribution in [0.5, 0.6) is 0 Å². The molecular weight excluding hydrogens is 272 g/mol. The average Bonchev–Trinajstić information content (AvgIpc) is 2.35. The highest BCUT2D eigenvalue weighted by atomic mass is 35.5. The van der Waals surface area contributed by atoms with Crippen molar-refractivity contribution in [2.24, 2.45) is 0 Å². The van der Waals surface area contributed by atoms with Gasteiger partial charge in [-0.1, -0.05) is 11.6 Å². The number of carbonyl (C=O) groups is 1. The van der Waals surface area contributed by atoms with Gasteiger partial charge in [0.15, 0.2) is 0 Å². The molecule has 1 rings (SSSR count). The third kappa shape index (κ3) is 3.79. The number of nitrogens with zero attached hydrogens (tertiary/aromatic N) is 2. The van der Waals surface area contributed by atoms with Crippen LogP contribution in [0.2, 0.25) is 5.02 Å². The van der Waals surface area contributed by atoms with Gasteiger partial charge in [0.25, 0.3) is 5.69 Å². The predicted octanol–water partition coefficient (Wildman–Crippen LogP) is 2.72. The summed E-state index contributed by atoms with van der Waals surface area (Å²) in [6, 6.07) is 5.60. The van der Waals surface area contributed by atoms with Crippen molar-refractivity contribution >= 4 is 29.3 Å². The van der Waals surface area contributed by atoms with Crippen molar-refractivity contribution in [3.8, 4) is 6.07 Å². The Morgan fingerprint density at radius 3 is 2.79 bits per heavy atom. The zero-order valence-corrected chi connectivity index (χ0v) is 10.7. The maximum atomic E-state index is 11.4. The zero-order chi connectivity index (χ0) is 14.4. The molecule has 0 N–H and O–H groups in total. The van der Waals surface area contributed by atoms with Gasteiger partial charge in [0.1, 0.15) is 16.7 Å². The van der Waals surface area contributed by atoms with Gasteiger partial charge >= 0.3 is 5.97 Å². The van der Waals surface area contributed by atoms with Crippen molar-refractivity contribution < 1.29 is 14.5 Å². The minimum absolute atomic E-state index is 0.0695. The van der Waals surface area contributed by atoms with Crippen LogP contribution in [0.1, 0.15) is 12.5 Å². The molecule has 1 aromatic carbocycles. The van der Waals surface area contributed by atoms with Gasteiger partial charge in [-0.15, -0.1) is 0 Å². The van der Waals surface area contributed by atoms with Gasteiger partial charge in [0.05, 0.1) is 11.5 Å². The summed E-state index contributed by atoms with van der Waals surface area (Å²) in [4.78, 5) is 21.3. The minimum Gasteiger partial charge on any atom is -0.462 e. The molecule has 0 fully saturated rings. The number of nitro groups is 1. The van der Waals surface area contributed by atoms with E-state index in [9.17, 15) is 14.9 Å². The molecule has 19 heavy (non-hydrogen) atoms. The number of rotatable bonds is 4. The van der Waals surface area contributed by atoms with Gasteiger partial charge in [0.2, 0.25) is 0 Å². The van der Waals surface area contributed by atoms with E-state index in [-0.39, 0.29) is 22.9 Å². The van der Waals surface area contributed by atoms with Crippen molar-refractivity contribution in [1.29, 1.82) is 5.26 Å². The molecule has 0 aliphatic carbocycles. The second-order valence-electron chi connectivity index (χ2n) is 3.36. The SMILES string of the molecule is CCOC(=O)/C(C#N)=C\c1ccc([N+](=O)[O-])c(Cl)c1. The van der Waals surface area contributed by atoms with Gasteiger partial charge in [-0.2, -0.15) is 5.26 Å². The fourth-order valence-corrected chi connectivity index (χ4v) is 1.53. The van der Waals surface area contributed by atoms with E-state index in [1.54, 1.807) is 13.0 Å². The molecule has 1 aromatic rings. The lowest BCUT2D eigenvalue weighted by Crippen LogP contribution is -2.06. The van der Waals surface area contributed by atoms with E-state index in [1.165, 1.54) is 24.3 Å². The molecule has 0 atom stereocenters. The summed E-state index contributed by atoms with van der Waals surface area (Å²) in [7, 11) is 0. The minimum atomic E-state index is -0.750. The lowest BCUT2D eigenvalue weighted by atomic mass is 10.1. The number of esters is 1. The van der Waals surface area contributed by atoms with E-state index in [4.69, 9.17) is 16.9 Å². The van der Waals surface area contributed by atoms with E-state index in [0.717, 1.165) is 0 Å². The van der Waals surface area contributed by atoms with Crippen molar-refractivity contribution in [3.63, 3.8) is 0 Å². The van der Waals surface area contributed by atoms with Gasteiger partial charge in [-0.25, -0.2) is 4.79 Å². The van der Waals surface area contributed by atoms with E-state index < -0.39 is 10.9 Å². The summed E-state index contributed by atoms with van der Waals surface area (Å²) in [6.07, 6.45) is 1.26. The smallest absolute Gasteiger partial charge is 0.348 e. The summed E-state index contributed by atoms with van der Waals surface area (Å²) in [5.74, 6) is -0.750. The van der Waals surface area contributed by atoms with E-state index in [1.807, 2.05) is 0 Å². The monoisotopic (exact) mass is 280 g/mol. The van der Waals surface area contributed by atoms with Crippen LogP contribution in [0, 0.1) is 21.4 Å². The number of benzene rings is 1. The van der Waals surface area contributed by atoms with Crippen LogP contribution in [0.3, 0.4) is 0 Å². The van der Waals surface area contributed by atoms with E-state index in [0.29, 0.717) is 5.56 Å². The van der Waals surface area contributed by atoms with Crippen molar-refractivity contribution in [2.75, 3.05) is 6.61 Å². The third-order valence-corrected chi connectivity index (χ3v) is 2.40. The van der Waals surface area contributed by atoms with Crippen molar-refractivity contribution in [1.82, 2.24) is 0 Å². The molecule has 0 saturated heterocycles. The first kappa shape index (κ1) is 14.7. The summed E-state index contributed by atoms with van der Waals surface area (Å²) in [5.41, 5.74) is -0.0413. The molecule has 98 valence electrons. The average molecular weight is 281 g/mol. The molecule has 0 saturated carbocycles. The summed E-state index contributed by atoms with van der Waals surface area (Å²) in [6.45, 7) is 1.77. The molecule has 6 nitrogen and oxygen atoms in total. The first-order chi connectivity index (χ1) is 8.99. The zero-order valence-electron chi connectivity index (χ0n) is 9.92. The van der Waals surface area contributed by atoms with Crippen LogP contribution < -0.4 is 0 Å². The highest BCUT2D eigenvalue weighted by Gasteiger charge is 2.13. The number of ether oxygens (including phenoxy) is 1. The van der Waals surface area contributed by atoms with Crippen LogP contribution in [-0.2, 0) is 9.53 Å². The molecule has 0 bridgehead atoms. The number of halogens is 1. The Labute approximate surface area is 114 Å². The number of nitro benzene ring substituents is 1. The number of carbonyl (C=O) groups excluding carboxylic acids is 1. The Balaban J connectivity index is 3.11. The fourth-order valence-electron chi connectivity index (χ4n) is 1.27. The maximum Gasteiger partial charge on any atom is 0.348 e. The molecule has 0 unspecified atom stereocenters. The molecule has 0 spiro atoms. The molecule has 0 amide bonds. The molecule has 0 aliphatic rings. The Morgan fingerprint density at radius 2 is 2.32 bits per heavy atom. The van der Waals surface area contributed by atoms with E-state index >= 15 is 0 Å². The van der Waals surface area contributed by atoms with Crippen LogP contribution >= 0.6 is 11.6 Å². The highest BCUT2D eigenvalue weighted by molar-refractivity contribution is 6.32. The topological polar surface area (TPSA) is 93.2 Å². The summed E-state index contributed by atoms with van der Waals surface area (Å²) in [5, 5.41) is 19.4. The predicted molar refractivity (Wildman–Crippen MR) is 68.3 cm³/mol. The Hall–Kier alpha value is -2.39. The van der Waals surface area contributed by atoms with E-state index in [2.05, 4.69) is 4.74 Å². The lowest BCUT2D eigenvalue weighted by molar-refractivity contribution is -0.384. The summed E-state index contributed by atoms with van der Waals surface area (Å²) < 4.78 is 4.69. The van der Waals surface area contributed by atoms with Crippen molar-refractivity contribution in [3.05, 3.63) is 44.5 Å². The van der Waals surface area contributed by atoms with Gasteiger partial charge < -0.3 is 4.74 Å². The number of hydrogen-bond acceptors (Lipinski definition) is 5. The standard InChI is InChI=1S/C12H9ClN2O4/c1-2-19-12(16)9(7-14)5-8-3-4-11(15(17)18)10(13)6-8/h3-6H,2H2,1H3/b9-5-. The maximum absolute atomic E-state index is 11.4.